The molecule has 0 aliphatic carbocycles. The fourth-order valence-electron chi connectivity index (χ4n) is 1.50. The Balaban J connectivity index is 4.18. The molecule has 0 saturated heterocycles. The highest BCUT2D eigenvalue weighted by Crippen LogP contribution is 2.08. The molecule has 15 heavy (non-hydrogen) atoms. The van der Waals surface area contributed by atoms with Crippen molar-refractivity contribution in [1.82, 2.24) is 4.72 Å². The molecular weight excluding hydrogens is 214 g/mol. The van der Waals surface area contributed by atoms with Crippen LogP contribution in [0.25, 0.3) is 0 Å². The van der Waals surface area contributed by atoms with Gasteiger partial charge < -0.3 is 5.11 Å². The Morgan fingerprint density at radius 2 is 1.93 bits per heavy atom. The third-order valence-corrected chi connectivity index (χ3v) is 4.05. The topological polar surface area (TPSA) is 66.4 Å². The Labute approximate surface area is 93.1 Å². The van der Waals surface area contributed by atoms with Crippen LogP contribution in [0.2, 0.25) is 0 Å². The predicted octanol–water partition coefficient (Wildman–Crippen LogP) is 1.11. The maximum atomic E-state index is 11.6. The standard InChI is InChI=1S/C10H23NO3S/c1-4-6-9(3)8-15(13,14)11-10(5-2)7-12/h9-12H,4-8H2,1-3H3. The Morgan fingerprint density at radius 3 is 2.33 bits per heavy atom. The summed E-state index contributed by atoms with van der Waals surface area (Å²) in [5.41, 5.74) is 0. The first-order valence-electron chi connectivity index (χ1n) is 5.56. The van der Waals surface area contributed by atoms with Gasteiger partial charge in [0.15, 0.2) is 0 Å². The highest BCUT2D eigenvalue weighted by molar-refractivity contribution is 7.89. The summed E-state index contributed by atoms with van der Waals surface area (Å²) in [4.78, 5) is 0. The second-order valence-electron chi connectivity index (χ2n) is 4.08. The Bertz CT molecular complexity index is 247. The van der Waals surface area contributed by atoms with E-state index in [-0.39, 0.29) is 24.3 Å². The molecule has 0 radical (unpaired) electrons. The van der Waals surface area contributed by atoms with Gasteiger partial charge in [0, 0.05) is 6.04 Å². The zero-order chi connectivity index (χ0) is 11.9. The third-order valence-electron chi connectivity index (χ3n) is 2.34. The van der Waals surface area contributed by atoms with E-state index in [1.54, 1.807) is 0 Å². The van der Waals surface area contributed by atoms with Gasteiger partial charge in [0.1, 0.15) is 0 Å². The van der Waals surface area contributed by atoms with Crippen molar-refractivity contribution in [3.05, 3.63) is 0 Å². The highest BCUT2D eigenvalue weighted by atomic mass is 32.2. The van der Waals surface area contributed by atoms with Crippen LogP contribution in [0.5, 0.6) is 0 Å². The molecule has 5 heteroatoms. The van der Waals surface area contributed by atoms with Crippen LogP contribution in [0.1, 0.15) is 40.0 Å². The van der Waals surface area contributed by atoms with Crippen molar-refractivity contribution in [1.29, 1.82) is 0 Å². The second kappa shape index (κ2) is 7.19. The van der Waals surface area contributed by atoms with Crippen molar-refractivity contribution in [3.63, 3.8) is 0 Å². The molecule has 92 valence electrons. The van der Waals surface area contributed by atoms with Gasteiger partial charge in [0.25, 0.3) is 0 Å². The van der Waals surface area contributed by atoms with Gasteiger partial charge >= 0.3 is 0 Å². The minimum absolute atomic E-state index is 0.141. The quantitative estimate of drug-likeness (QED) is 0.664. The molecule has 0 saturated carbocycles. The minimum Gasteiger partial charge on any atom is -0.395 e. The van der Waals surface area contributed by atoms with Crippen LogP contribution in [0, 0.1) is 5.92 Å². The van der Waals surface area contributed by atoms with Crippen LogP contribution < -0.4 is 4.72 Å². The fourth-order valence-corrected chi connectivity index (χ4v) is 3.26. The maximum Gasteiger partial charge on any atom is 0.212 e. The summed E-state index contributed by atoms with van der Waals surface area (Å²) in [6.07, 6.45) is 2.52. The zero-order valence-corrected chi connectivity index (χ0v) is 10.7. The molecule has 0 rings (SSSR count). The molecule has 2 N–H and O–H groups in total. The molecule has 0 bridgehead atoms. The van der Waals surface area contributed by atoms with Crippen molar-refractivity contribution in [2.24, 2.45) is 5.92 Å². The molecule has 4 nitrogen and oxygen atoms in total. The summed E-state index contributed by atoms with van der Waals surface area (Å²) in [7, 11) is -3.24. The van der Waals surface area contributed by atoms with E-state index in [0.29, 0.717) is 6.42 Å². The lowest BCUT2D eigenvalue weighted by molar-refractivity contribution is 0.253. The number of hydrogen-bond donors (Lipinski definition) is 2. The normalized spacial score (nSPS) is 16.3. The lowest BCUT2D eigenvalue weighted by atomic mass is 10.1. The summed E-state index contributed by atoms with van der Waals surface area (Å²) < 4.78 is 25.7. The summed E-state index contributed by atoms with van der Waals surface area (Å²) >= 11 is 0. The molecule has 0 aliphatic rings. The first kappa shape index (κ1) is 14.9. The van der Waals surface area contributed by atoms with E-state index >= 15 is 0 Å². The van der Waals surface area contributed by atoms with Crippen molar-refractivity contribution in [2.45, 2.75) is 46.1 Å². The predicted molar refractivity (Wildman–Crippen MR) is 62.2 cm³/mol. The number of rotatable bonds is 8. The number of hydrogen-bond acceptors (Lipinski definition) is 3. The van der Waals surface area contributed by atoms with Gasteiger partial charge in [0.2, 0.25) is 10.0 Å². The maximum absolute atomic E-state index is 11.6. The van der Waals surface area contributed by atoms with Crippen molar-refractivity contribution < 1.29 is 13.5 Å². The molecule has 0 aliphatic heterocycles. The van der Waals surface area contributed by atoms with Crippen LogP contribution in [0.4, 0.5) is 0 Å². The van der Waals surface area contributed by atoms with E-state index in [1.165, 1.54) is 0 Å². The van der Waals surface area contributed by atoms with Crippen LogP contribution in [0.3, 0.4) is 0 Å². The highest BCUT2D eigenvalue weighted by Gasteiger charge is 2.18. The molecule has 0 aromatic rings. The Kier molecular flexibility index (Phi) is 7.13. The van der Waals surface area contributed by atoms with Gasteiger partial charge in [-0.2, -0.15) is 0 Å². The summed E-state index contributed by atoms with van der Waals surface area (Å²) in [6, 6.07) is -0.344. The lowest BCUT2D eigenvalue weighted by Crippen LogP contribution is -2.39. The SMILES string of the molecule is CCCC(C)CS(=O)(=O)NC(CC)CO. The third kappa shape index (κ3) is 6.87. The molecular formula is C10H23NO3S. The molecule has 0 aromatic heterocycles. The van der Waals surface area contributed by atoms with Crippen LogP contribution in [-0.2, 0) is 10.0 Å². The van der Waals surface area contributed by atoms with E-state index in [2.05, 4.69) is 4.72 Å². The van der Waals surface area contributed by atoms with Crippen molar-refractivity contribution >= 4 is 10.0 Å². The van der Waals surface area contributed by atoms with Crippen LogP contribution >= 0.6 is 0 Å². The average Bonchev–Trinajstić information content (AvgIpc) is 2.13. The zero-order valence-electron chi connectivity index (χ0n) is 9.86. The fraction of sp³-hybridized carbons (Fsp3) is 1.00. The molecule has 0 spiro atoms. The summed E-state index contributed by atoms with van der Waals surface area (Å²) in [5, 5.41) is 8.90. The Hall–Kier alpha value is -0.130. The monoisotopic (exact) mass is 237 g/mol. The Morgan fingerprint density at radius 1 is 1.33 bits per heavy atom. The van der Waals surface area contributed by atoms with E-state index in [1.807, 2.05) is 20.8 Å². The first-order valence-corrected chi connectivity index (χ1v) is 7.21. The van der Waals surface area contributed by atoms with E-state index < -0.39 is 10.0 Å². The molecule has 0 aromatic carbocycles. The van der Waals surface area contributed by atoms with Crippen molar-refractivity contribution in [2.75, 3.05) is 12.4 Å². The van der Waals surface area contributed by atoms with Crippen molar-refractivity contribution in [3.8, 4) is 0 Å². The molecule has 2 unspecified atom stereocenters. The van der Waals surface area contributed by atoms with E-state index in [4.69, 9.17) is 5.11 Å². The lowest BCUT2D eigenvalue weighted by Gasteiger charge is -2.16. The van der Waals surface area contributed by atoms with Gasteiger partial charge in [0.05, 0.1) is 12.4 Å². The van der Waals surface area contributed by atoms with E-state index in [9.17, 15) is 8.42 Å². The largest absolute Gasteiger partial charge is 0.395 e. The summed E-state index contributed by atoms with van der Waals surface area (Å²) in [5.74, 6) is 0.320. The molecule has 0 fully saturated rings. The van der Waals surface area contributed by atoms with Gasteiger partial charge in [-0.15, -0.1) is 0 Å². The minimum atomic E-state index is -3.24. The van der Waals surface area contributed by atoms with Crippen LogP contribution in [0.15, 0.2) is 0 Å². The number of aliphatic hydroxyl groups excluding tert-OH is 1. The number of nitrogens with one attached hydrogen (secondary N) is 1. The van der Waals surface area contributed by atoms with Crippen LogP contribution in [-0.4, -0.2) is 31.9 Å². The number of sulfonamides is 1. The van der Waals surface area contributed by atoms with Gasteiger partial charge in [-0.25, -0.2) is 13.1 Å². The van der Waals surface area contributed by atoms with Gasteiger partial charge in [-0.05, 0) is 18.8 Å². The molecule has 2 atom stereocenters. The summed E-state index contributed by atoms with van der Waals surface area (Å²) in [6.45, 7) is 5.68. The first-order chi connectivity index (χ1) is 6.95. The molecule has 0 amide bonds. The average molecular weight is 237 g/mol. The smallest absolute Gasteiger partial charge is 0.212 e. The second-order valence-corrected chi connectivity index (χ2v) is 5.88. The van der Waals surface area contributed by atoms with Gasteiger partial charge in [-0.1, -0.05) is 27.2 Å². The molecule has 0 heterocycles. The van der Waals surface area contributed by atoms with E-state index in [0.717, 1.165) is 12.8 Å². The number of aliphatic hydroxyl groups is 1. The van der Waals surface area contributed by atoms with Gasteiger partial charge in [-0.3, -0.25) is 0 Å².